The van der Waals surface area contributed by atoms with Gasteiger partial charge in [0.15, 0.2) is 0 Å². The Labute approximate surface area is 191 Å². The van der Waals surface area contributed by atoms with Crippen LogP contribution < -0.4 is 20.3 Å². The van der Waals surface area contributed by atoms with Crippen LogP contribution in [0, 0.1) is 0 Å². The van der Waals surface area contributed by atoms with Gasteiger partial charge in [-0.25, -0.2) is 5.10 Å². The normalized spacial score (nSPS) is 14.3. The number of rotatable bonds is 4. The zero-order chi connectivity index (χ0) is 22.4. The van der Waals surface area contributed by atoms with E-state index in [1.165, 1.54) is 0 Å². The maximum Gasteiger partial charge on any atom is 0.288 e. The van der Waals surface area contributed by atoms with Crippen molar-refractivity contribution >= 4 is 34.8 Å². The molecule has 1 atom stereocenters. The van der Waals surface area contributed by atoms with Crippen LogP contribution in [0.4, 0.5) is 11.6 Å². The van der Waals surface area contributed by atoms with E-state index in [1.807, 2.05) is 0 Å². The van der Waals surface area contributed by atoms with Crippen molar-refractivity contribution in [3.8, 4) is 22.8 Å². The molecule has 0 fully saturated rings. The Morgan fingerprint density at radius 2 is 1.94 bits per heavy atom. The Morgan fingerprint density at radius 3 is 2.69 bits per heavy atom. The molecule has 0 amide bonds. The lowest BCUT2D eigenvalue weighted by Crippen LogP contribution is -2.29. The number of anilines is 2. The van der Waals surface area contributed by atoms with Gasteiger partial charge in [-0.3, -0.25) is 4.79 Å². The zero-order valence-corrected chi connectivity index (χ0v) is 18.3. The number of aromatic nitrogens is 6. The van der Waals surface area contributed by atoms with Crippen LogP contribution in [0.1, 0.15) is 17.2 Å². The first kappa shape index (κ1) is 20.3. The van der Waals surface area contributed by atoms with E-state index in [0.29, 0.717) is 43.9 Å². The van der Waals surface area contributed by atoms with Gasteiger partial charge in [-0.2, -0.15) is 9.78 Å². The van der Waals surface area contributed by atoms with Crippen LogP contribution in [0.25, 0.3) is 11.3 Å². The number of hydrogen-bond donors (Lipinski definition) is 2. The Balaban J connectivity index is 1.86. The quantitative estimate of drug-likeness (QED) is 0.408. The number of aromatic amines is 1. The van der Waals surface area contributed by atoms with E-state index in [0.717, 1.165) is 0 Å². The Hall–Kier alpha value is -3.63. The van der Waals surface area contributed by atoms with Crippen LogP contribution in [0.5, 0.6) is 11.5 Å². The third kappa shape index (κ3) is 3.15. The minimum Gasteiger partial charge on any atom is -0.497 e. The molecule has 0 saturated carbocycles. The molecule has 12 heteroatoms. The number of fused-ring (bicyclic) bond motifs is 2. The number of hydrogen-bond acceptors (Lipinski definition) is 8. The van der Waals surface area contributed by atoms with Crippen molar-refractivity contribution in [1.82, 2.24) is 30.4 Å². The molecule has 162 valence electrons. The topological polar surface area (TPSA) is 120 Å². The molecular formula is C20H15Cl2N7O3. The minimum atomic E-state index is -0.669. The summed E-state index contributed by atoms with van der Waals surface area (Å²) in [5, 5.41) is 22.6. The van der Waals surface area contributed by atoms with Gasteiger partial charge >= 0.3 is 0 Å². The standard InChI is InChI=1S/C20H15Cl2N7O3/c1-31-10-4-6-14(32-2)12(8-10)18-15-16(11-5-3-9(21)7-13(11)22)24-25-19(30)17(15)23-20-26-27-28-29(18)20/h3-8,18H,1-2H3,(H,25,30)(H,23,26,28)/t18-/m0/s1. The summed E-state index contributed by atoms with van der Waals surface area (Å²) < 4.78 is 12.6. The lowest BCUT2D eigenvalue weighted by molar-refractivity contribution is 0.392. The Bertz CT molecular complexity index is 1400. The summed E-state index contributed by atoms with van der Waals surface area (Å²) in [5.41, 5.74) is 2.01. The second kappa shape index (κ2) is 7.81. The highest BCUT2D eigenvalue weighted by molar-refractivity contribution is 6.36. The summed E-state index contributed by atoms with van der Waals surface area (Å²) in [6.45, 7) is 0. The molecule has 0 radical (unpaired) electrons. The maximum absolute atomic E-state index is 12.8. The van der Waals surface area contributed by atoms with Crippen LogP contribution in [0.3, 0.4) is 0 Å². The average Bonchev–Trinajstić information content (AvgIpc) is 3.27. The summed E-state index contributed by atoms with van der Waals surface area (Å²) in [7, 11) is 3.12. The molecule has 10 nitrogen and oxygen atoms in total. The van der Waals surface area contributed by atoms with Gasteiger partial charge in [-0.05, 0) is 46.8 Å². The monoisotopic (exact) mass is 471 g/mol. The van der Waals surface area contributed by atoms with Crippen molar-refractivity contribution in [3.63, 3.8) is 0 Å². The van der Waals surface area contributed by atoms with Crippen molar-refractivity contribution in [3.05, 3.63) is 67.9 Å². The first-order chi connectivity index (χ1) is 15.5. The summed E-state index contributed by atoms with van der Waals surface area (Å²) >= 11 is 12.6. The van der Waals surface area contributed by atoms with Crippen LogP contribution >= 0.6 is 23.2 Å². The number of H-pyrrole nitrogens is 1. The first-order valence-electron chi connectivity index (χ1n) is 9.36. The minimum absolute atomic E-state index is 0.248. The molecule has 2 aromatic heterocycles. The van der Waals surface area contributed by atoms with Crippen molar-refractivity contribution in [2.24, 2.45) is 0 Å². The predicted molar refractivity (Wildman–Crippen MR) is 118 cm³/mol. The van der Waals surface area contributed by atoms with Crippen molar-refractivity contribution in [1.29, 1.82) is 0 Å². The summed E-state index contributed by atoms with van der Waals surface area (Å²) in [5.74, 6) is 1.44. The van der Waals surface area contributed by atoms with Gasteiger partial charge in [-0.15, -0.1) is 0 Å². The number of tetrazole rings is 1. The molecule has 3 heterocycles. The smallest absolute Gasteiger partial charge is 0.288 e. The number of ether oxygens (including phenoxy) is 2. The Morgan fingerprint density at radius 1 is 1.09 bits per heavy atom. The van der Waals surface area contributed by atoms with E-state index in [-0.39, 0.29) is 11.6 Å². The Kier molecular flexibility index (Phi) is 4.95. The largest absolute Gasteiger partial charge is 0.497 e. The van der Waals surface area contributed by atoms with Crippen molar-refractivity contribution in [2.75, 3.05) is 19.5 Å². The lowest BCUT2D eigenvalue weighted by atomic mass is 9.91. The lowest BCUT2D eigenvalue weighted by Gasteiger charge is -2.29. The fourth-order valence-electron chi connectivity index (χ4n) is 3.76. The van der Waals surface area contributed by atoms with Crippen LogP contribution in [0.2, 0.25) is 10.0 Å². The molecular weight excluding hydrogens is 457 g/mol. The predicted octanol–water partition coefficient (Wildman–Crippen LogP) is 3.44. The molecule has 0 aliphatic carbocycles. The molecule has 1 aliphatic rings. The van der Waals surface area contributed by atoms with Gasteiger partial charge in [0, 0.05) is 21.7 Å². The number of nitrogens with one attached hydrogen (secondary N) is 2. The first-order valence-corrected chi connectivity index (χ1v) is 10.1. The van der Waals surface area contributed by atoms with E-state index in [4.69, 9.17) is 32.7 Å². The van der Waals surface area contributed by atoms with Gasteiger partial charge in [0.1, 0.15) is 28.9 Å². The second-order valence-electron chi connectivity index (χ2n) is 6.90. The van der Waals surface area contributed by atoms with Gasteiger partial charge in [0.25, 0.3) is 5.56 Å². The fourth-order valence-corrected chi connectivity index (χ4v) is 4.26. The van der Waals surface area contributed by atoms with E-state index in [1.54, 1.807) is 55.3 Å². The zero-order valence-electron chi connectivity index (χ0n) is 16.8. The van der Waals surface area contributed by atoms with Gasteiger partial charge in [-0.1, -0.05) is 28.3 Å². The average molecular weight is 472 g/mol. The summed E-state index contributed by atoms with van der Waals surface area (Å²) in [4.78, 5) is 12.8. The van der Waals surface area contributed by atoms with Gasteiger partial charge in [0.05, 0.1) is 19.2 Å². The van der Waals surface area contributed by atoms with Crippen LogP contribution in [0.15, 0.2) is 41.2 Å². The molecule has 2 N–H and O–H groups in total. The van der Waals surface area contributed by atoms with Crippen LogP contribution in [-0.2, 0) is 0 Å². The highest BCUT2D eigenvalue weighted by Crippen LogP contribution is 2.45. The maximum atomic E-state index is 12.8. The van der Waals surface area contributed by atoms with Crippen LogP contribution in [-0.4, -0.2) is 44.6 Å². The number of benzene rings is 2. The molecule has 0 spiro atoms. The molecule has 4 aromatic rings. The van der Waals surface area contributed by atoms with E-state index in [2.05, 4.69) is 31.0 Å². The number of methoxy groups -OCH3 is 2. The second-order valence-corrected chi connectivity index (χ2v) is 7.74. The van der Waals surface area contributed by atoms with E-state index in [9.17, 15) is 4.79 Å². The molecule has 0 saturated heterocycles. The molecule has 2 aromatic carbocycles. The van der Waals surface area contributed by atoms with Crippen molar-refractivity contribution in [2.45, 2.75) is 6.04 Å². The van der Waals surface area contributed by atoms with Gasteiger partial charge < -0.3 is 14.8 Å². The molecule has 32 heavy (non-hydrogen) atoms. The van der Waals surface area contributed by atoms with E-state index >= 15 is 0 Å². The SMILES string of the molecule is COc1ccc(OC)c([C@H]2c3c(-c4ccc(Cl)cc4Cl)n[nH]c(=O)c3Nc3nnnn32)c1. The highest BCUT2D eigenvalue weighted by atomic mass is 35.5. The number of halogens is 2. The van der Waals surface area contributed by atoms with Gasteiger partial charge in [0.2, 0.25) is 5.95 Å². The third-order valence-electron chi connectivity index (χ3n) is 5.19. The molecule has 0 bridgehead atoms. The van der Waals surface area contributed by atoms with E-state index < -0.39 is 11.6 Å². The summed E-state index contributed by atoms with van der Waals surface area (Å²) in [6, 6.07) is 9.73. The van der Waals surface area contributed by atoms with Crippen molar-refractivity contribution < 1.29 is 9.47 Å². The summed E-state index contributed by atoms with van der Waals surface area (Å²) in [6.07, 6.45) is 0. The number of nitrogens with zero attached hydrogens (tertiary/aromatic N) is 5. The third-order valence-corrected chi connectivity index (χ3v) is 5.73. The highest BCUT2D eigenvalue weighted by Gasteiger charge is 2.36. The molecule has 5 rings (SSSR count). The fraction of sp³-hybridized carbons (Fsp3) is 0.150. The molecule has 1 aliphatic heterocycles. The molecule has 0 unspecified atom stereocenters.